The number of para-hydroxylation sites is 1. The Morgan fingerprint density at radius 3 is 2.56 bits per heavy atom. The maximum absolute atomic E-state index is 11.9. The molecule has 0 atom stereocenters. The van der Waals surface area contributed by atoms with Crippen LogP contribution in [0.2, 0.25) is 0 Å². The number of carbonyl (C=O) groups is 1. The van der Waals surface area contributed by atoms with Gasteiger partial charge in [-0.2, -0.15) is 0 Å². The van der Waals surface area contributed by atoms with Crippen LogP contribution in [0.15, 0.2) is 59.5 Å². The molecule has 0 saturated carbocycles. The number of thioether (sulfide) groups is 1. The highest BCUT2D eigenvalue weighted by atomic mass is 32.2. The zero-order valence-corrected chi connectivity index (χ0v) is 15.2. The second-order valence-corrected chi connectivity index (χ2v) is 7.04. The average molecular weight is 353 g/mol. The zero-order valence-electron chi connectivity index (χ0n) is 14.3. The number of nitrogens with one attached hydrogen (secondary N) is 3. The molecule has 2 amide bonds. The van der Waals surface area contributed by atoms with Crippen molar-refractivity contribution < 1.29 is 4.79 Å². The number of hydrogen-bond acceptors (Lipinski definition) is 2. The Morgan fingerprint density at radius 1 is 1.00 bits per heavy atom. The summed E-state index contributed by atoms with van der Waals surface area (Å²) in [6.45, 7) is 3.36. The van der Waals surface area contributed by atoms with Gasteiger partial charge in [-0.05, 0) is 37.1 Å². The number of hydrogen-bond donors (Lipinski definition) is 3. The van der Waals surface area contributed by atoms with Crippen LogP contribution in [-0.2, 0) is 6.42 Å². The second kappa shape index (κ2) is 8.62. The van der Waals surface area contributed by atoms with E-state index in [1.165, 1.54) is 21.5 Å². The summed E-state index contributed by atoms with van der Waals surface area (Å²) >= 11 is 1.74. The van der Waals surface area contributed by atoms with Gasteiger partial charge in [0.05, 0.1) is 0 Å². The van der Waals surface area contributed by atoms with Gasteiger partial charge in [0.2, 0.25) is 0 Å². The molecule has 2 aromatic carbocycles. The molecule has 0 spiro atoms. The smallest absolute Gasteiger partial charge is 0.314 e. The lowest BCUT2D eigenvalue weighted by molar-refractivity contribution is 0.241. The van der Waals surface area contributed by atoms with Gasteiger partial charge in [0.1, 0.15) is 0 Å². The second-order valence-electron chi connectivity index (χ2n) is 5.87. The minimum atomic E-state index is -0.105. The molecule has 1 aromatic heterocycles. The fourth-order valence-corrected chi connectivity index (χ4v) is 3.66. The SMILES string of the molecule is Cc1[nH]c2ccccc2c1CCNC(=O)NCCSc1ccccc1. The van der Waals surface area contributed by atoms with Crippen molar-refractivity contribution in [2.75, 3.05) is 18.8 Å². The first-order chi connectivity index (χ1) is 12.2. The minimum absolute atomic E-state index is 0.105. The molecular formula is C20H23N3OS. The number of carbonyl (C=O) groups excluding carboxylic acids is 1. The van der Waals surface area contributed by atoms with Crippen molar-refractivity contribution in [3.8, 4) is 0 Å². The van der Waals surface area contributed by atoms with Gasteiger partial charge in [0.25, 0.3) is 0 Å². The van der Waals surface area contributed by atoms with Crippen LogP contribution in [0.3, 0.4) is 0 Å². The molecule has 0 aliphatic heterocycles. The normalized spacial score (nSPS) is 10.8. The van der Waals surface area contributed by atoms with E-state index in [4.69, 9.17) is 0 Å². The van der Waals surface area contributed by atoms with Crippen LogP contribution in [0.25, 0.3) is 10.9 Å². The number of aromatic nitrogens is 1. The number of fused-ring (bicyclic) bond motifs is 1. The number of benzene rings is 2. The standard InChI is InChI=1S/C20H23N3OS/c1-15-17(18-9-5-6-10-19(18)23-15)11-12-21-20(24)22-13-14-25-16-7-3-2-4-8-16/h2-10,23H,11-14H2,1H3,(H2,21,22,24). The maximum atomic E-state index is 11.9. The first-order valence-corrected chi connectivity index (χ1v) is 9.48. The van der Waals surface area contributed by atoms with E-state index in [-0.39, 0.29) is 6.03 Å². The number of amides is 2. The third-order valence-electron chi connectivity index (χ3n) is 4.09. The van der Waals surface area contributed by atoms with E-state index in [0.717, 1.165) is 17.7 Å². The number of aromatic amines is 1. The molecule has 3 N–H and O–H groups in total. The fourth-order valence-electron chi connectivity index (χ4n) is 2.87. The van der Waals surface area contributed by atoms with Gasteiger partial charge >= 0.3 is 6.03 Å². The van der Waals surface area contributed by atoms with Crippen molar-refractivity contribution in [1.29, 1.82) is 0 Å². The summed E-state index contributed by atoms with van der Waals surface area (Å²) in [6.07, 6.45) is 0.821. The van der Waals surface area contributed by atoms with Gasteiger partial charge in [-0.25, -0.2) is 4.79 Å². The van der Waals surface area contributed by atoms with Crippen molar-refractivity contribution in [2.45, 2.75) is 18.2 Å². The summed E-state index contributed by atoms with van der Waals surface area (Å²) in [7, 11) is 0. The van der Waals surface area contributed by atoms with Crippen LogP contribution in [0.5, 0.6) is 0 Å². The molecule has 0 aliphatic rings. The minimum Gasteiger partial charge on any atom is -0.358 e. The van der Waals surface area contributed by atoms with Crippen molar-refractivity contribution in [2.24, 2.45) is 0 Å². The van der Waals surface area contributed by atoms with Gasteiger partial charge in [-0.3, -0.25) is 0 Å². The molecule has 130 valence electrons. The summed E-state index contributed by atoms with van der Waals surface area (Å²) in [5.74, 6) is 0.860. The van der Waals surface area contributed by atoms with Gasteiger partial charge in [0, 0.05) is 40.3 Å². The van der Waals surface area contributed by atoms with Crippen LogP contribution < -0.4 is 10.6 Å². The van der Waals surface area contributed by atoms with Gasteiger partial charge in [0.15, 0.2) is 0 Å². The highest BCUT2D eigenvalue weighted by Gasteiger charge is 2.08. The first kappa shape index (κ1) is 17.4. The number of H-pyrrole nitrogens is 1. The van der Waals surface area contributed by atoms with Gasteiger partial charge in [-0.1, -0.05) is 36.4 Å². The summed E-state index contributed by atoms with van der Waals surface area (Å²) in [6, 6.07) is 18.4. The number of rotatable bonds is 7. The third-order valence-corrected chi connectivity index (χ3v) is 5.10. The summed E-state index contributed by atoms with van der Waals surface area (Å²) in [4.78, 5) is 16.5. The Bertz CT molecular complexity index is 829. The highest BCUT2D eigenvalue weighted by molar-refractivity contribution is 7.99. The predicted molar refractivity (Wildman–Crippen MR) is 105 cm³/mol. The molecule has 0 fully saturated rings. The monoisotopic (exact) mass is 353 g/mol. The molecule has 0 bridgehead atoms. The topological polar surface area (TPSA) is 56.9 Å². The summed E-state index contributed by atoms with van der Waals surface area (Å²) in [5.41, 5.74) is 3.59. The van der Waals surface area contributed by atoms with E-state index >= 15 is 0 Å². The molecule has 3 aromatic rings. The van der Waals surface area contributed by atoms with Crippen molar-refractivity contribution in [1.82, 2.24) is 15.6 Å². The lowest BCUT2D eigenvalue weighted by Crippen LogP contribution is -2.37. The van der Waals surface area contributed by atoms with Crippen LogP contribution in [0.1, 0.15) is 11.3 Å². The van der Waals surface area contributed by atoms with E-state index < -0.39 is 0 Å². The largest absolute Gasteiger partial charge is 0.358 e. The molecular weight excluding hydrogens is 330 g/mol. The van der Waals surface area contributed by atoms with E-state index in [0.29, 0.717) is 13.1 Å². The number of aryl methyl sites for hydroxylation is 1. The van der Waals surface area contributed by atoms with Crippen LogP contribution >= 0.6 is 11.8 Å². The van der Waals surface area contributed by atoms with E-state index in [1.54, 1.807) is 11.8 Å². The molecule has 0 unspecified atom stereocenters. The molecule has 0 radical (unpaired) electrons. The Labute approximate surface area is 152 Å². The van der Waals surface area contributed by atoms with Crippen LogP contribution in [-0.4, -0.2) is 29.9 Å². The van der Waals surface area contributed by atoms with Crippen molar-refractivity contribution in [3.05, 3.63) is 65.9 Å². The fraction of sp³-hybridized carbons (Fsp3) is 0.250. The van der Waals surface area contributed by atoms with E-state index in [9.17, 15) is 4.79 Å². The predicted octanol–water partition coefficient (Wildman–Crippen LogP) is 4.11. The summed E-state index contributed by atoms with van der Waals surface area (Å²) in [5, 5.41) is 7.08. The Hall–Kier alpha value is -2.40. The van der Waals surface area contributed by atoms with Crippen LogP contribution in [0, 0.1) is 6.92 Å². The lowest BCUT2D eigenvalue weighted by atomic mass is 10.1. The Kier molecular flexibility index (Phi) is 6.01. The summed E-state index contributed by atoms with van der Waals surface area (Å²) < 4.78 is 0. The third kappa shape index (κ3) is 4.79. The van der Waals surface area contributed by atoms with Gasteiger partial charge < -0.3 is 15.6 Å². The van der Waals surface area contributed by atoms with E-state index in [2.05, 4.69) is 46.8 Å². The molecule has 25 heavy (non-hydrogen) atoms. The number of urea groups is 1. The molecule has 4 nitrogen and oxygen atoms in total. The van der Waals surface area contributed by atoms with Crippen molar-refractivity contribution in [3.63, 3.8) is 0 Å². The first-order valence-electron chi connectivity index (χ1n) is 8.50. The molecule has 5 heteroatoms. The molecule has 3 rings (SSSR count). The Balaban J connectivity index is 1.38. The maximum Gasteiger partial charge on any atom is 0.314 e. The van der Waals surface area contributed by atoms with E-state index in [1.807, 2.05) is 30.3 Å². The quantitative estimate of drug-likeness (QED) is 0.442. The zero-order chi connectivity index (χ0) is 17.5. The highest BCUT2D eigenvalue weighted by Crippen LogP contribution is 2.21. The molecule has 1 heterocycles. The average Bonchev–Trinajstić information content (AvgIpc) is 2.95. The van der Waals surface area contributed by atoms with Crippen molar-refractivity contribution >= 4 is 28.7 Å². The Morgan fingerprint density at radius 2 is 1.72 bits per heavy atom. The van der Waals surface area contributed by atoms with Gasteiger partial charge in [-0.15, -0.1) is 11.8 Å². The lowest BCUT2D eigenvalue weighted by Gasteiger charge is -2.08. The molecule has 0 saturated heterocycles. The van der Waals surface area contributed by atoms with Crippen LogP contribution in [0.4, 0.5) is 4.79 Å². The molecule has 0 aliphatic carbocycles.